The van der Waals surface area contributed by atoms with Crippen molar-refractivity contribution in [3.63, 3.8) is 0 Å². The Kier molecular flexibility index (Phi) is 28.5. The maximum Gasteiger partial charge on any atom is 0.319 e. The van der Waals surface area contributed by atoms with E-state index >= 15 is 0 Å². The number of carbonyl (C=O) groups excluding carboxylic acids is 2. The first kappa shape index (κ1) is 89.5. The van der Waals surface area contributed by atoms with Crippen LogP contribution in [-0.4, -0.2) is 75.0 Å². The van der Waals surface area contributed by atoms with E-state index in [1.807, 2.05) is 24.3 Å². The summed E-state index contributed by atoms with van der Waals surface area (Å²) in [5.74, 6) is 4.57. The van der Waals surface area contributed by atoms with Crippen LogP contribution in [0.2, 0.25) is 0 Å². The van der Waals surface area contributed by atoms with E-state index in [-0.39, 0.29) is 97.3 Å². The van der Waals surface area contributed by atoms with Gasteiger partial charge in [0.05, 0.1) is 13.2 Å². The van der Waals surface area contributed by atoms with Crippen molar-refractivity contribution >= 4 is 23.4 Å². The molecule has 8 aromatic carbocycles. The van der Waals surface area contributed by atoms with Gasteiger partial charge in [-0.2, -0.15) is 0 Å². The Morgan fingerprint density at radius 3 is 0.712 bits per heavy atom. The molecule has 0 saturated heterocycles. The van der Waals surface area contributed by atoms with E-state index in [0.717, 1.165) is 165 Å². The lowest BCUT2D eigenvalue weighted by atomic mass is 9.79. The molecule has 118 heavy (non-hydrogen) atoms. The Bertz CT molecular complexity index is 4410. The van der Waals surface area contributed by atoms with Gasteiger partial charge in [0, 0.05) is 98.1 Å². The molecule has 4 aliphatic rings. The molecule has 2 aliphatic heterocycles. The zero-order chi connectivity index (χ0) is 85.4. The smallest absolute Gasteiger partial charge is 0.319 e. The number of anilines is 2. The molecule has 6 N–H and O–H groups in total. The molecule has 0 radical (unpaired) electrons. The summed E-state index contributed by atoms with van der Waals surface area (Å²) in [4.78, 5) is 28.5. The number of aromatic hydroxyl groups is 2. The summed E-state index contributed by atoms with van der Waals surface area (Å²) in [5, 5.41) is 39.6. The monoisotopic (exact) mass is 1610 g/mol. The van der Waals surface area contributed by atoms with Crippen LogP contribution in [-0.2, 0) is 83.9 Å². The average molecular weight is 1610 g/mol. The van der Waals surface area contributed by atoms with Gasteiger partial charge in [-0.15, -0.1) is 0 Å². The van der Waals surface area contributed by atoms with Gasteiger partial charge in [-0.3, -0.25) is 0 Å². The van der Waals surface area contributed by atoms with Gasteiger partial charge in [-0.1, -0.05) is 264 Å². The minimum absolute atomic E-state index is 0.0819. The van der Waals surface area contributed by atoms with Crippen LogP contribution in [0.5, 0.6) is 46.0 Å². The van der Waals surface area contributed by atoms with Crippen molar-refractivity contribution in [3.8, 4) is 46.0 Å². The van der Waals surface area contributed by atoms with Crippen LogP contribution in [0.15, 0.2) is 97.1 Å². The molecule has 14 heteroatoms. The molecule has 0 aromatic heterocycles. The maximum atomic E-state index is 14.3. The van der Waals surface area contributed by atoms with Gasteiger partial charge in [0.25, 0.3) is 0 Å². The number of phenolic OH excluding ortho intramolecular Hbond substituents is 2. The molecule has 0 atom stereocenters. The second-order valence-electron chi connectivity index (χ2n) is 39.9. The van der Waals surface area contributed by atoms with Gasteiger partial charge in [0.2, 0.25) is 0 Å². The van der Waals surface area contributed by atoms with Crippen LogP contribution in [0.1, 0.15) is 339 Å². The Morgan fingerprint density at radius 2 is 0.508 bits per heavy atom. The predicted octanol–water partition coefficient (Wildman–Crippen LogP) is 24.4. The molecule has 636 valence electrons. The second kappa shape index (κ2) is 37.6. The summed E-state index contributed by atoms with van der Waals surface area (Å²) >= 11 is 0. The molecule has 2 aliphatic carbocycles. The summed E-state index contributed by atoms with van der Waals surface area (Å²) in [5.41, 5.74) is 19.6. The largest absolute Gasteiger partial charge is 0.507 e. The quantitative estimate of drug-likeness (QED) is 0.0358. The SMILES string of the molecule is CCCCCCNC(=O)Nc1cc2c(O)c(c1)Cc1cc(C(C)(C)C)cc3c1OCCOc1c4cc(C(C)(C)C)cc1Cc1cc(C(C)(C)C)cc(c1OCCC)Cc1cc(C(C)(C)C)cc(c1OCCOc1c(cc(C(C)(C)C)cc1Cc1cc(NC(=O)NCCCCCC)cc(c1O)C3)C2)Cc1cc(C(C)(C)C)cc(c1OCCC)C4. The van der Waals surface area contributed by atoms with Crippen molar-refractivity contribution in [3.05, 3.63) is 219 Å². The molecular weight excluding hydrogens is 1470 g/mol. The van der Waals surface area contributed by atoms with Gasteiger partial charge in [-0.25, -0.2) is 9.59 Å². The number of ether oxygens (including phenoxy) is 6. The van der Waals surface area contributed by atoms with Gasteiger partial charge < -0.3 is 59.9 Å². The molecule has 14 nitrogen and oxygen atoms in total. The number of unbranched alkanes of at least 4 members (excludes halogenated alkanes) is 6. The summed E-state index contributed by atoms with van der Waals surface area (Å²) in [6.45, 7) is 51.9. The van der Waals surface area contributed by atoms with Crippen molar-refractivity contribution in [1.29, 1.82) is 0 Å². The van der Waals surface area contributed by atoms with E-state index in [1.54, 1.807) is 0 Å². The highest BCUT2D eigenvalue weighted by atomic mass is 16.5. The van der Waals surface area contributed by atoms with Gasteiger partial charge in [0.1, 0.15) is 72.4 Å². The van der Waals surface area contributed by atoms with Crippen LogP contribution in [0.25, 0.3) is 0 Å². The molecule has 0 unspecified atom stereocenters. The third kappa shape index (κ3) is 22.4. The van der Waals surface area contributed by atoms with E-state index in [2.05, 4.69) is 246 Å². The number of nitrogens with one attached hydrogen (secondary N) is 4. The second-order valence-corrected chi connectivity index (χ2v) is 39.9. The number of carbonyl (C=O) groups is 2. The summed E-state index contributed by atoms with van der Waals surface area (Å²) in [7, 11) is 0. The summed E-state index contributed by atoms with van der Waals surface area (Å²) in [6, 6.07) is 34.7. The number of benzene rings is 8. The number of urea groups is 2. The first-order valence-electron chi connectivity index (χ1n) is 44.2. The highest BCUT2D eigenvalue weighted by molar-refractivity contribution is 5.90. The van der Waals surface area contributed by atoms with Crippen LogP contribution < -0.4 is 49.7 Å². The van der Waals surface area contributed by atoms with Crippen molar-refractivity contribution in [2.75, 3.05) is 63.4 Å². The summed E-state index contributed by atoms with van der Waals surface area (Å²) < 4.78 is 45.0. The lowest BCUT2D eigenvalue weighted by Crippen LogP contribution is -2.29. The zero-order valence-electron chi connectivity index (χ0n) is 75.8. The number of hydrogen-bond donors (Lipinski definition) is 6. The molecule has 8 aromatic rings. The van der Waals surface area contributed by atoms with Crippen LogP contribution in [0, 0.1) is 0 Å². The average Bonchev–Trinajstić information content (AvgIpc) is 0.761. The molecule has 20 bridgehead atoms. The third-order valence-corrected chi connectivity index (χ3v) is 23.4. The van der Waals surface area contributed by atoms with Gasteiger partial charge >= 0.3 is 12.1 Å². The lowest BCUT2D eigenvalue weighted by molar-refractivity contribution is 0.212. The van der Waals surface area contributed by atoms with E-state index in [4.69, 9.17) is 28.4 Å². The maximum absolute atomic E-state index is 14.3. The number of fused-ring (bicyclic) bond motifs is 8. The van der Waals surface area contributed by atoms with Gasteiger partial charge in [0.15, 0.2) is 0 Å². The van der Waals surface area contributed by atoms with Crippen LogP contribution in [0.3, 0.4) is 0 Å². The highest BCUT2D eigenvalue weighted by Crippen LogP contribution is 2.48. The minimum atomic E-state index is -0.410. The number of hydrogen-bond acceptors (Lipinski definition) is 10. The van der Waals surface area contributed by atoms with Crippen LogP contribution >= 0.6 is 0 Å². The Balaban J connectivity index is 1.25. The molecule has 2 heterocycles. The first-order valence-corrected chi connectivity index (χ1v) is 44.2. The van der Waals surface area contributed by atoms with E-state index < -0.39 is 10.8 Å². The van der Waals surface area contributed by atoms with Gasteiger partial charge in [-0.05, 0) is 183 Å². The number of phenols is 2. The van der Waals surface area contributed by atoms with E-state index in [9.17, 15) is 19.8 Å². The molecular formula is C104H140N4O10. The molecule has 0 spiro atoms. The topological polar surface area (TPSA) is 178 Å². The van der Waals surface area contributed by atoms with Crippen LogP contribution in [0.4, 0.5) is 21.0 Å². The Labute approximate surface area is 707 Å². The molecule has 0 saturated carbocycles. The molecule has 0 fully saturated rings. The van der Waals surface area contributed by atoms with Crippen molar-refractivity contribution in [1.82, 2.24) is 10.6 Å². The molecule has 12 rings (SSSR count). The van der Waals surface area contributed by atoms with Crippen molar-refractivity contribution in [2.45, 2.75) is 300 Å². The predicted molar refractivity (Wildman–Crippen MR) is 485 cm³/mol. The Hall–Kier alpha value is -9.30. The number of rotatable bonds is 18. The number of amides is 4. The lowest BCUT2D eigenvalue weighted by Gasteiger charge is -2.29. The highest BCUT2D eigenvalue weighted by Gasteiger charge is 2.33. The fourth-order valence-corrected chi connectivity index (χ4v) is 16.5. The standard InChI is InChI=1S/C104H140N4O10/c1-23-27-29-31-33-105-97(111)107-87-61-65-41-69-49-81(99(5,6)7)51-71-43-67-63-88(108-98(112)106-34-32-30-28-24-2)64-68(90(67)110)44-72-52-82(100(8,9)10)50-70(42-66(62-87)89(65)109)94(72)116-38-40-118-96-78-46-74-54-83(101(11,12)13)53-73(91(74)113-35-25-3)45-77-57-85(103(17,18)19)59-79(95(77)117-39-37-115-93(69)71)47-75-55-84(102(14,15)16)56-76(92(75)114-36-26-4)48-80(96)60-86(58-78)104(20,21)22/h49-64,109-110H,23-48H2,1-22H3,(H2,105,107,111)(H2,106,108,112). The third-order valence-electron chi connectivity index (χ3n) is 23.4. The Morgan fingerprint density at radius 1 is 0.297 bits per heavy atom. The van der Waals surface area contributed by atoms with Crippen molar-refractivity contribution in [2.24, 2.45) is 0 Å². The fraction of sp³-hybridized carbons (Fsp3) is 0.519. The van der Waals surface area contributed by atoms with E-state index in [1.165, 1.54) is 22.3 Å². The first-order chi connectivity index (χ1) is 55.7. The molecule has 4 amide bonds. The van der Waals surface area contributed by atoms with E-state index in [0.29, 0.717) is 97.1 Å². The summed E-state index contributed by atoms with van der Waals surface area (Å²) in [6.07, 6.45) is 12.3. The zero-order valence-corrected chi connectivity index (χ0v) is 75.8. The van der Waals surface area contributed by atoms with Crippen molar-refractivity contribution < 1.29 is 48.2 Å². The minimum Gasteiger partial charge on any atom is -0.507 e. The normalized spacial score (nSPS) is 14.2. The fourth-order valence-electron chi connectivity index (χ4n) is 16.5.